The lowest BCUT2D eigenvalue weighted by atomic mass is 10.2. The van der Waals surface area contributed by atoms with Crippen molar-refractivity contribution in [3.63, 3.8) is 0 Å². The second-order valence-corrected chi connectivity index (χ2v) is 4.02. The number of aromatic nitrogens is 2. The van der Waals surface area contributed by atoms with Gasteiger partial charge in [-0.1, -0.05) is 19.1 Å². The van der Waals surface area contributed by atoms with Crippen molar-refractivity contribution in [3.8, 4) is 0 Å². The SMILES string of the molecule is CCCn1c(CCl)nc2cccc(C)c21. The van der Waals surface area contributed by atoms with E-state index in [0.717, 1.165) is 24.3 Å². The van der Waals surface area contributed by atoms with Crippen LogP contribution in [0.2, 0.25) is 0 Å². The Kier molecular flexibility index (Phi) is 2.96. The van der Waals surface area contributed by atoms with Gasteiger partial charge in [-0.15, -0.1) is 11.6 Å². The van der Waals surface area contributed by atoms with Gasteiger partial charge < -0.3 is 4.57 Å². The second-order valence-electron chi connectivity index (χ2n) is 3.76. The predicted octanol–water partition coefficient (Wildman–Crippen LogP) is 3.49. The molecule has 2 nitrogen and oxygen atoms in total. The van der Waals surface area contributed by atoms with Crippen LogP contribution in [0.5, 0.6) is 0 Å². The summed E-state index contributed by atoms with van der Waals surface area (Å²) in [6.07, 6.45) is 1.10. The molecule has 0 atom stereocenters. The van der Waals surface area contributed by atoms with E-state index in [4.69, 9.17) is 11.6 Å². The van der Waals surface area contributed by atoms with Crippen LogP contribution in [-0.4, -0.2) is 9.55 Å². The number of benzene rings is 1. The molecule has 0 bridgehead atoms. The van der Waals surface area contributed by atoms with Crippen LogP contribution in [0.15, 0.2) is 18.2 Å². The van der Waals surface area contributed by atoms with Gasteiger partial charge >= 0.3 is 0 Å². The highest BCUT2D eigenvalue weighted by Crippen LogP contribution is 2.21. The Morgan fingerprint density at radius 3 is 2.87 bits per heavy atom. The number of hydrogen-bond donors (Lipinski definition) is 0. The van der Waals surface area contributed by atoms with E-state index in [2.05, 4.69) is 29.5 Å². The maximum atomic E-state index is 5.91. The summed E-state index contributed by atoms with van der Waals surface area (Å²) in [4.78, 5) is 4.54. The minimum Gasteiger partial charge on any atom is -0.327 e. The maximum absolute atomic E-state index is 5.91. The number of aryl methyl sites for hydroxylation is 2. The molecule has 15 heavy (non-hydrogen) atoms. The molecule has 0 fully saturated rings. The first kappa shape index (κ1) is 10.5. The first-order valence-corrected chi connectivity index (χ1v) is 5.82. The van der Waals surface area contributed by atoms with Crippen molar-refractivity contribution in [1.82, 2.24) is 9.55 Å². The third-order valence-electron chi connectivity index (χ3n) is 2.61. The summed E-state index contributed by atoms with van der Waals surface area (Å²) in [5.41, 5.74) is 3.55. The van der Waals surface area contributed by atoms with Crippen molar-refractivity contribution in [1.29, 1.82) is 0 Å². The van der Waals surface area contributed by atoms with Crippen molar-refractivity contribution >= 4 is 22.6 Å². The Labute approximate surface area is 94.9 Å². The van der Waals surface area contributed by atoms with Gasteiger partial charge in [0, 0.05) is 6.54 Å². The van der Waals surface area contributed by atoms with Crippen molar-refractivity contribution in [2.75, 3.05) is 0 Å². The second kappa shape index (κ2) is 4.23. The number of para-hydroxylation sites is 1. The molecule has 2 aromatic rings. The Morgan fingerprint density at radius 1 is 1.40 bits per heavy atom. The molecule has 0 amide bonds. The molecule has 0 saturated carbocycles. The molecular weight excluding hydrogens is 208 g/mol. The zero-order valence-corrected chi connectivity index (χ0v) is 9.88. The van der Waals surface area contributed by atoms with E-state index >= 15 is 0 Å². The lowest BCUT2D eigenvalue weighted by Crippen LogP contribution is -2.02. The van der Waals surface area contributed by atoms with E-state index < -0.39 is 0 Å². The van der Waals surface area contributed by atoms with Crippen LogP contribution in [0.1, 0.15) is 24.7 Å². The molecule has 1 aromatic carbocycles. The smallest absolute Gasteiger partial charge is 0.124 e. The first-order valence-electron chi connectivity index (χ1n) is 5.28. The molecule has 0 aliphatic carbocycles. The van der Waals surface area contributed by atoms with Gasteiger partial charge in [0.2, 0.25) is 0 Å². The van der Waals surface area contributed by atoms with Crippen LogP contribution in [-0.2, 0) is 12.4 Å². The molecule has 0 unspecified atom stereocenters. The summed E-state index contributed by atoms with van der Waals surface area (Å²) in [5, 5.41) is 0. The zero-order chi connectivity index (χ0) is 10.8. The Balaban J connectivity index is 2.70. The number of nitrogens with zero attached hydrogens (tertiary/aromatic N) is 2. The van der Waals surface area contributed by atoms with E-state index in [1.165, 1.54) is 11.1 Å². The van der Waals surface area contributed by atoms with E-state index in [9.17, 15) is 0 Å². The highest BCUT2D eigenvalue weighted by Gasteiger charge is 2.10. The predicted molar refractivity (Wildman–Crippen MR) is 64.3 cm³/mol. The standard InChI is InChI=1S/C12H15ClN2/c1-3-7-15-11(8-13)14-10-6-4-5-9(2)12(10)15/h4-6H,3,7-8H2,1-2H3. The topological polar surface area (TPSA) is 17.8 Å². The van der Waals surface area contributed by atoms with Crippen molar-refractivity contribution < 1.29 is 0 Å². The minimum absolute atomic E-state index is 0.480. The largest absolute Gasteiger partial charge is 0.327 e. The van der Waals surface area contributed by atoms with Crippen LogP contribution in [0.25, 0.3) is 11.0 Å². The van der Waals surface area contributed by atoms with Gasteiger partial charge in [0.1, 0.15) is 5.82 Å². The molecule has 0 saturated heterocycles. The highest BCUT2D eigenvalue weighted by molar-refractivity contribution is 6.16. The third kappa shape index (κ3) is 1.74. The average Bonchev–Trinajstić information content (AvgIpc) is 2.58. The average molecular weight is 223 g/mol. The molecule has 0 radical (unpaired) electrons. The fourth-order valence-corrected chi connectivity index (χ4v) is 2.18. The van der Waals surface area contributed by atoms with Gasteiger partial charge in [-0.25, -0.2) is 4.98 Å². The van der Waals surface area contributed by atoms with E-state index in [1.54, 1.807) is 0 Å². The summed E-state index contributed by atoms with van der Waals surface area (Å²) in [7, 11) is 0. The molecule has 1 heterocycles. The quantitative estimate of drug-likeness (QED) is 0.727. The molecule has 0 N–H and O–H groups in total. The lowest BCUT2D eigenvalue weighted by molar-refractivity contribution is 0.671. The summed E-state index contributed by atoms with van der Waals surface area (Å²) in [6, 6.07) is 6.21. The Hall–Kier alpha value is -1.02. The van der Waals surface area contributed by atoms with Crippen LogP contribution in [0.4, 0.5) is 0 Å². The third-order valence-corrected chi connectivity index (χ3v) is 2.85. The fraction of sp³-hybridized carbons (Fsp3) is 0.417. The number of alkyl halides is 1. The normalized spacial score (nSPS) is 11.1. The van der Waals surface area contributed by atoms with Crippen LogP contribution in [0.3, 0.4) is 0 Å². The maximum Gasteiger partial charge on any atom is 0.124 e. The molecule has 0 aliphatic heterocycles. The Morgan fingerprint density at radius 2 is 2.20 bits per heavy atom. The summed E-state index contributed by atoms with van der Waals surface area (Å²) >= 11 is 5.91. The van der Waals surface area contributed by atoms with Crippen LogP contribution >= 0.6 is 11.6 Å². The van der Waals surface area contributed by atoms with Gasteiger partial charge in [-0.3, -0.25) is 0 Å². The van der Waals surface area contributed by atoms with Crippen molar-refractivity contribution in [3.05, 3.63) is 29.6 Å². The van der Waals surface area contributed by atoms with Crippen molar-refractivity contribution in [2.45, 2.75) is 32.7 Å². The summed E-state index contributed by atoms with van der Waals surface area (Å²) in [6.45, 7) is 5.28. The van der Waals surface area contributed by atoms with Gasteiger partial charge in [0.05, 0.1) is 16.9 Å². The molecule has 0 aliphatic rings. The molecular formula is C12H15ClN2. The number of imidazole rings is 1. The Bertz CT molecular complexity index is 474. The van der Waals surface area contributed by atoms with E-state index in [-0.39, 0.29) is 0 Å². The van der Waals surface area contributed by atoms with E-state index in [1.807, 2.05) is 12.1 Å². The van der Waals surface area contributed by atoms with Gasteiger partial charge in [0.25, 0.3) is 0 Å². The molecule has 1 aromatic heterocycles. The zero-order valence-electron chi connectivity index (χ0n) is 9.13. The molecule has 3 heteroatoms. The van der Waals surface area contributed by atoms with Crippen molar-refractivity contribution in [2.24, 2.45) is 0 Å². The number of fused-ring (bicyclic) bond motifs is 1. The lowest BCUT2D eigenvalue weighted by Gasteiger charge is -2.06. The minimum atomic E-state index is 0.480. The molecule has 80 valence electrons. The molecule has 0 spiro atoms. The fourth-order valence-electron chi connectivity index (χ4n) is 1.98. The van der Waals surface area contributed by atoms with Crippen LogP contribution < -0.4 is 0 Å². The van der Waals surface area contributed by atoms with E-state index in [0.29, 0.717) is 5.88 Å². The summed E-state index contributed by atoms with van der Waals surface area (Å²) in [5.74, 6) is 1.46. The molecule has 2 rings (SSSR count). The van der Waals surface area contributed by atoms with Gasteiger partial charge in [0.15, 0.2) is 0 Å². The van der Waals surface area contributed by atoms with Crippen LogP contribution in [0, 0.1) is 6.92 Å². The highest BCUT2D eigenvalue weighted by atomic mass is 35.5. The number of halogens is 1. The first-order chi connectivity index (χ1) is 7.27. The van der Waals surface area contributed by atoms with Gasteiger partial charge in [-0.2, -0.15) is 0 Å². The monoisotopic (exact) mass is 222 g/mol. The van der Waals surface area contributed by atoms with Gasteiger partial charge in [-0.05, 0) is 25.0 Å². The summed E-state index contributed by atoms with van der Waals surface area (Å²) < 4.78 is 2.23. The number of hydrogen-bond acceptors (Lipinski definition) is 1. The number of rotatable bonds is 3.